The first-order valence-corrected chi connectivity index (χ1v) is 9.48. The highest BCUT2D eigenvalue weighted by molar-refractivity contribution is 6.03. The molecule has 0 aliphatic heterocycles. The van der Waals surface area contributed by atoms with Crippen molar-refractivity contribution in [3.8, 4) is 5.75 Å². The standard InChI is InChI=1S/C22H25N3O3/c1-4-5-11-27-19-8-6-7-18(13-19)21(26)23-22-25-24-20(28-22)14-17-10-9-15(2)12-16(17)3/h6-10,12-13H,4-5,11,14H2,1-3H3,(H,23,25,26). The number of ether oxygens (including phenoxy) is 1. The average molecular weight is 379 g/mol. The number of nitrogens with zero attached hydrogens (tertiary/aromatic N) is 2. The smallest absolute Gasteiger partial charge is 0.322 e. The van der Waals surface area contributed by atoms with Gasteiger partial charge < -0.3 is 9.15 Å². The monoisotopic (exact) mass is 379 g/mol. The Hall–Kier alpha value is -3.15. The van der Waals surface area contributed by atoms with Gasteiger partial charge in [-0.25, -0.2) is 0 Å². The molecule has 1 heterocycles. The summed E-state index contributed by atoms with van der Waals surface area (Å²) in [4.78, 5) is 12.5. The van der Waals surface area contributed by atoms with E-state index in [1.165, 1.54) is 11.1 Å². The predicted octanol–water partition coefficient (Wildman–Crippen LogP) is 4.71. The zero-order valence-corrected chi connectivity index (χ0v) is 16.5. The summed E-state index contributed by atoms with van der Waals surface area (Å²) in [5, 5.41) is 10.6. The third-order valence-electron chi connectivity index (χ3n) is 4.39. The topological polar surface area (TPSA) is 77.2 Å². The highest BCUT2D eigenvalue weighted by Gasteiger charge is 2.13. The van der Waals surface area contributed by atoms with E-state index < -0.39 is 0 Å². The van der Waals surface area contributed by atoms with E-state index in [0.29, 0.717) is 30.2 Å². The summed E-state index contributed by atoms with van der Waals surface area (Å²) < 4.78 is 11.2. The number of hydrogen-bond acceptors (Lipinski definition) is 5. The quantitative estimate of drug-likeness (QED) is 0.574. The van der Waals surface area contributed by atoms with Crippen LogP contribution in [-0.2, 0) is 6.42 Å². The van der Waals surface area contributed by atoms with E-state index in [1.54, 1.807) is 18.2 Å². The van der Waals surface area contributed by atoms with E-state index in [4.69, 9.17) is 9.15 Å². The van der Waals surface area contributed by atoms with Crippen LogP contribution in [0.15, 0.2) is 46.9 Å². The summed E-state index contributed by atoms with van der Waals surface area (Å²) in [6.07, 6.45) is 2.55. The van der Waals surface area contributed by atoms with Crippen LogP contribution in [0.25, 0.3) is 0 Å². The molecule has 0 fully saturated rings. The molecule has 2 aromatic carbocycles. The number of carbonyl (C=O) groups excluding carboxylic acids is 1. The number of carbonyl (C=O) groups is 1. The lowest BCUT2D eigenvalue weighted by atomic mass is 10.0. The van der Waals surface area contributed by atoms with Crippen molar-refractivity contribution in [1.29, 1.82) is 0 Å². The van der Waals surface area contributed by atoms with Gasteiger partial charge in [-0.1, -0.05) is 48.3 Å². The maximum Gasteiger partial charge on any atom is 0.322 e. The van der Waals surface area contributed by atoms with Crippen molar-refractivity contribution in [2.24, 2.45) is 0 Å². The highest BCUT2D eigenvalue weighted by Crippen LogP contribution is 2.18. The summed E-state index contributed by atoms with van der Waals surface area (Å²) in [6, 6.07) is 13.4. The molecule has 1 N–H and O–H groups in total. The van der Waals surface area contributed by atoms with Crippen molar-refractivity contribution >= 4 is 11.9 Å². The molecule has 28 heavy (non-hydrogen) atoms. The van der Waals surface area contributed by atoms with Gasteiger partial charge in [0.05, 0.1) is 13.0 Å². The SMILES string of the molecule is CCCCOc1cccc(C(=O)Nc2nnc(Cc3ccc(C)cc3C)o2)c1. The Labute approximate surface area is 164 Å². The minimum absolute atomic E-state index is 0.0852. The molecule has 3 aromatic rings. The fraction of sp³-hybridized carbons (Fsp3) is 0.318. The predicted molar refractivity (Wildman–Crippen MR) is 108 cm³/mol. The van der Waals surface area contributed by atoms with E-state index in [0.717, 1.165) is 18.4 Å². The Kier molecular flexibility index (Phi) is 6.42. The molecule has 0 saturated heterocycles. The minimum Gasteiger partial charge on any atom is -0.494 e. The molecule has 0 unspecified atom stereocenters. The van der Waals surface area contributed by atoms with Crippen LogP contribution in [0.2, 0.25) is 0 Å². The van der Waals surface area contributed by atoms with Crippen molar-refractivity contribution in [2.75, 3.05) is 11.9 Å². The van der Waals surface area contributed by atoms with Gasteiger partial charge in [-0.2, -0.15) is 0 Å². The van der Waals surface area contributed by atoms with Crippen molar-refractivity contribution in [3.05, 3.63) is 70.6 Å². The first-order chi connectivity index (χ1) is 13.5. The van der Waals surface area contributed by atoms with Gasteiger partial charge in [0.25, 0.3) is 5.91 Å². The van der Waals surface area contributed by atoms with E-state index in [9.17, 15) is 4.79 Å². The lowest BCUT2D eigenvalue weighted by Crippen LogP contribution is -2.12. The van der Waals surface area contributed by atoms with E-state index >= 15 is 0 Å². The van der Waals surface area contributed by atoms with Crippen LogP contribution in [-0.4, -0.2) is 22.7 Å². The van der Waals surface area contributed by atoms with Crippen molar-refractivity contribution in [1.82, 2.24) is 10.2 Å². The van der Waals surface area contributed by atoms with E-state index in [-0.39, 0.29) is 11.9 Å². The maximum atomic E-state index is 12.5. The number of hydrogen-bond donors (Lipinski definition) is 1. The normalized spacial score (nSPS) is 10.7. The lowest BCUT2D eigenvalue weighted by Gasteiger charge is -2.07. The fourth-order valence-electron chi connectivity index (χ4n) is 2.81. The van der Waals surface area contributed by atoms with Gasteiger partial charge in [-0.3, -0.25) is 10.1 Å². The van der Waals surface area contributed by atoms with Crippen molar-refractivity contribution < 1.29 is 13.9 Å². The van der Waals surface area contributed by atoms with Crippen LogP contribution >= 0.6 is 0 Å². The van der Waals surface area contributed by atoms with Gasteiger partial charge in [0.2, 0.25) is 5.89 Å². The van der Waals surface area contributed by atoms with Gasteiger partial charge in [0, 0.05) is 5.56 Å². The molecule has 1 aromatic heterocycles. The Morgan fingerprint density at radius 3 is 2.79 bits per heavy atom. The molecule has 0 saturated carbocycles. The summed E-state index contributed by atoms with van der Waals surface area (Å²) >= 11 is 0. The maximum absolute atomic E-state index is 12.5. The molecule has 0 aliphatic carbocycles. The summed E-state index contributed by atoms with van der Waals surface area (Å²) in [7, 11) is 0. The van der Waals surface area contributed by atoms with Crippen LogP contribution in [0, 0.1) is 13.8 Å². The summed E-state index contributed by atoms with van der Waals surface area (Å²) in [5.41, 5.74) is 3.97. The molecule has 0 aliphatic rings. The number of anilines is 1. The molecule has 6 nitrogen and oxygen atoms in total. The van der Waals surface area contributed by atoms with Crippen LogP contribution in [0.1, 0.15) is 52.7 Å². The van der Waals surface area contributed by atoms with Gasteiger partial charge in [-0.15, -0.1) is 5.10 Å². The molecule has 0 atom stereocenters. The minimum atomic E-state index is -0.317. The third-order valence-corrected chi connectivity index (χ3v) is 4.39. The summed E-state index contributed by atoms with van der Waals surface area (Å²) in [5.74, 6) is 0.809. The molecule has 6 heteroatoms. The first-order valence-electron chi connectivity index (χ1n) is 9.48. The zero-order chi connectivity index (χ0) is 19.9. The van der Waals surface area contributed by atoms with Crippen molar-refractivity contribution in [3.63, 3.8) is 0 Å². The molecule has 146 valence electrons. The van der Waals surface area contributed by atoms with Gasteiger partial charge in [0.15, 0.2) is 0 Å². The lowest BCUT2D eigenvalue weighted by molar-refractivity contribution is 0.102. The largest absolute Gasteiger partial charge is 0.494 e. The second-order valence-corrected chi connectivity index (χ2v) is 6.79. The fourth-order valence-corrected chi connectivity index (χ4v) is 2.81. The Bertz CT molecular complexity index is 950. The van der Waals surface area contributed by atoms with E-state index in [1.807, 2.05) is 6.07 Å². The number of benzene rings is 2. The van der Waals surface area contributed by atoms with E-state index in [2.05, 4.69) is 54.5 Å². The second kappa shape index (κ2) is 9.17. The number of rotatable bonds is 8. The van der Waals surface area contributed by atoms with Crippen LogP contribution in [0.3, 0.4) is 0 Å². The second-order valence-electron chi connectivity index (χ2n) is 6.79. The van der Waals surface area contributed by atoms with Crippen molar-refractivity contribution in [2.45, 2.75) is 40.0 Å². The molecule has 0 spiro atoms. The first kappa shape index (κ1) is 19.6. The molecule has 1 amide bonds. The van der Waals surface area contributed by atoms with Crippen LogP contribution in [0.4, 0.5) is 6.01 Å². The third kappa shape index (κ3) is 5.19. The number of aromatic nitrogens is 2. The summed E-state index contributed by atoms with van der Waals surface area (Å²) in [6.45, 7) is 6.84. The average Bonchev–Trinajstić information content (AvgIpc) is 3.11. The molecule has 3 rings (SSSR count). The van der Waals surface area contributed by atoms with Gasteiger partial charge >= 0.3 is 6.01 Å². The molecular weight excluding hydrogens is 354 g/mol. The number of unbranched alkanes of at least 4 members (excludes halogenated alkanes) is 1. The highest BCUT2D eigenvalue weighted by atomic mass is 16.5. The zero-order valence-electron chi connectivity index (χ0n) is 16.5. The van der Waals surface area contributed by atoms with Gasteiger partial charge in [-0.05, 0) is 49.6 Å². The Balaban J connectivity index is 1.63. The Morgan fingerprint density at radius 2 is 2.00 bits per heavy atom. The van der Waals surface area contributed by atoms with Gasteiger partial charge in [0.1, 0.15) is 5.75 Å². The Morgan fingerprint density at radius 1 is 1.14 bits per heavy atom. The number of amides is 1. The number of nitrogens with one attached hydrogen (secondary N) is 1. The molecule has 0 radical (unpaired) electrons. The number of aryl methyl sites for hydroxylation is 2. The molecular formula is C22H25N3O3. The molecule has 0 bridgehead atoms. The van der Waals surface area contributed by atoms with Crippen LogP contribution < -0.4 is 10.1 Å². The van der Waals surface area contributed by atoms with Crippen LogP contribution in [0.5, 0.6) is 5.75 Å².